The Kier molecular flexibility index (Phi) is 3.61. The van der Waals surface area contributed by atoms with Gasteiger partial charge in [-0.3, -0.25) is 0 Å². The van der Waals surface area contributed by atoms with Gasteiger partial charge in [-0.2, -0.15) is 0 Å². The summed E-state index contributed by atoms with van der Waals surface area (Å²) >= 11 is 0. The van der Waals surface area contributed by atoms with E-state index in [9.17, 15) is 4.79 Å². The molecule has 3 aliphatic rings. The summed E-state index contributed by atoms with van der Waals surface area (Å²) < 4.78 is 5.07. The summed E-state index contributed by atoms with van der Waals surface area (Å²) in [5.74, 6) is 0.492. The quantitative estimate of drug-likeness (QED) is 0.467. The van der Waals surface area contributed by atoms with Crippen LogP contribution in [0.25, 0.3) is 10.8 Å². The highest BCUT2D eigenvalue weighted by Gasteiger charge is 2.40. The molecule has 2 aliphatic carbocycles. The van der Waals surface area contributed by atoms with Crippen LogP contribution in [0.4, 0.5) is 5.69 Å². The summed E-state index contributed by atoms with van der Waals surface area (Å²) in [5.41, 5.74) is 7.03. The molecule has 0 aromatic heterocycles. The van der Waals surface area contributed by atoms with Crippen molar-refractivity contribution in [2.45, 2.75) is 31.2 Å². The topological polar surface area (TPSA) is 38.3 Å². The molecule has 0 amide bonds. The highest BCUT2D eigenvalue weighted by molar-refractivity contribution is 5.98. The number of fused-ring (bicyclic) bond motifs is 3. The van der Waals surface area contributed by atoms with Crippen LogP contribution in [0, 0.1) is 5.92 Å². The first kappa shape index (κ1) is 16.8. The number of nitrogens with one attached hydrogen (secondary N) is 1. The van der Waals surface area contributed by atoms with Crippen LogP contribution in [0.15, 0.2) is 60.7 Å². The molecular weight excluding hydrogens is 358 g/mol. The normalized spacial score (nSPS) is 23.6. The van der Waals surface area contributed by atoms with Crippen molar-refractivity contribution in [2.75, 3.05) is 12.4 Å². The zero-order valence-corrected chi connectivity index (χ0v) is 16.4. The van der Waals surface area contributed by atoms with E-state index in [2.05, 4.69) is 53.9 Å². The number of hydrogen-bond acceptors (Lipinski definition) is 3. The van der Waals surface area contributed by atoms with Crippen molar-refractivity contribution in [3.63, 3.8) is 0 Å². The molecule has 144 valence electrons. The van der Waals surface area contributed by atoms with Gasteiger partial charge in [0.25, 0.3) is 0 Å². The number of allylic oxidation sites excluding steroid dienone is 2. The van der Waals surface area contributed by atoms with Gasteiger partial charge in [0.05, 0.1) is 24.4 Å². The molecule has 0 radical (unpaired) electrons. The molecule has 0 saturated heterocycles. The average Bonchev–Trinajstić information content (AvgIpc) is 3.41. The molecule has 0 bridgehead atoms. The van der Waals surface area contributed by atoms with Crippen molar-refractivity contribution in [3.05, 3.63) is 88.5 Å². The third kappa shape index (κ3) is 2.33. The summed E-state index contributed by atoms with van der Waals surface area (Å²) in [7, 11) is 1.45. The van der Waals surface area contributed by atoms with E-state index in [-0.39, 0.29) is 12.0 Å². The van der Waals surface area contributed by atoms with Gasteiger partial charge in [-0.15, -0.1) is 0 Å². The summed E-state index contributed by atoms with van der Waals surface area (Å²) in [6, 6.07) is 17.5. The summed E-state index contributed by atoms with van der Waals surface area (Å²) in [4.78, 5) is 12.5. The third-order valence-electron chi connectivity index (χ3n) is 7.05. The van der Waals surface area contributed by atoms with Gasteiger partial charge in [0.15, 0.2) is 0 Å². The lowest BCUT2D eigenvalue weighted by Crippen LogP contribution is -2.30. The molecule has 3 atom stereocenters. The number of esters is 1. The number of methoxy groups -OCH3 is 1. The SMILES string of the molecule is COC(=O)c1cccc2c1N[C@@H](c1ccc3c4c(cccc14)CC3)[C@H]1CC=C[C@@H]21. The predicted molar refractivity (Wildman–Crippen MR) is 115 cm³/mol. The zero-order chi connectivity index (χ0) is 19.5. The van der Waals surface area contributed by atoms with Gasteiger partial charge >= 0.3 is 5.97 Å². The number of aryl methyl sites for hydroxylation is 2. The smallest absolute Gasteiger partial charge is 0.339 e. The van der Waals surface area contributed by atoms with Gasteiger partial charge in [0.2, 0.25) is 0 Å². The monoisotopic (exact) mass is 381 g/mol. The van der Waals surface area contributed by atoms with Crippen molar-refractivity contribution in [1.29, 1.82) is 0 Å². The lowest BCUT2D eigenvalue weighted by molar-refractivity contribution is 0.0601. The zero-order valence-electron chi connectivity index (χ0n) is 16.4. The molecule has 29 heavy (non-hydrogen) atoms. The molecule has 0 unspecified atom stereocenters. The van der Waals surface area contributed by atoms with Crippen LogP contribution in [0.5, 0.6) is 0 Å². The molecule has 0 fully saturated rings. The molecule has 1 heterocycles. The molecule has 3 nitrogen and oxygen atoms in total. The van der Waals surface area contributed by atoms with Crippen molar-refractivity contribution < 1.29 is 9.53 Å². The molecule has 3 aromatic rings. The van der Waals surface area contributed by atoms with Crippen LogP contribution < -0.4 is 5.32 Å². The Labute approximate surface area is 170 Å². The van der Waals surface area contributed by atoms with Gasteiger partial charge in [-0.1, -0.05) is 54.6 Å². The van der Waals surface area contributed by atoms with Gasteiger partial charge in [0.1, 0.15) is 0 Å². The highest BCUT2D eigenvalue weighted by Crippen LogP contribution is 2.52. The Morgan fingerprint density at radius 1 is 1.00 bits per heavy atom. The van der Waals surface area contributed by atoms with E-state index in [0.717, 1.165) is 24.9 Å². The molecule has 0 saturated carbocycles. The Bertz CT molecular complexity index is 1180. The summed E-state index contributed by atoms with van der Waals surface area (Å²) in [5, 5.41) is 6.59. The van der Waals surface area contributed by atoms with Gasteiger partial charge < -0.3 is 10.1 Å². The Balaban J connectivity index is 1.55. The molecule has 1 aliphatic heterocycles. The first-order valence-electron chi connectivity index (χ1n) is 10.4. The maximum atomic E-state index is 12.5. The number of carbonyl (C=O) groups excluding carboxylic acids is 1. The highest BCUT2D eigenvalue weighted by atomic mass is 16.5. The fraction of sp³-hybridized carbons (Fsp3) is 0.269. The van der Waals surface area contributed by atoms with Crippen molar-refractivity contribution >= 4 is 22.4 Å². The Morgan fingerprint density at radius 2 is 1.83 bits per heavy atom. The van der Waals surface area contributed by atoms with Gasteiger partial charge in [0, 0.05) is 5.92 Å². The molecular formula is C26H23NO2. The second-order valence-corrected chi connectivity index (χ2v) is 8.39. The van der Waals surface area contributed by atoms with E-state index in [1.165, 1.54) is 40.1 Å². The van der Waals surface area contributed by atoms with Crippen molar-refractivity contribution in [1.82, 2.24) is 0 Å². The number of carbonyl (C=O) groups is 1. The van der Waals surface area contributed by atoms with Crippen molar-refractivity contribution in [3.8, 4) is 0 Å². The predicted octanol–water partition coefficient (Wildman–Crippen LogP) is 5.55. The first-order chi connectivity index (χ1) is 14.3. The molecule has 6 rings (SSSR count). The number of ether oxygens (including phenoxy) is 1. The standard InChI is InChI=1S/C26H23NO2/c1-29-26(28)22-10-4-9-20-17-6-3-8-19(17)24(27-25(20)22)21-14-13-16-12-11-15-5-2-7-18(21)23(15)16/h2-7,9-10,13-14,17,19,24,27H,8,11-12H2,1H3/t17-,19+,24-/m1/s1. The fourth-order valence-corrected chi connectivity index (χ4v) is 5.75. The van der Waals surface area contributed by atoms with Crippen LogP contribution >= 0.6 is 0 Å². The second kappa shape index (κ2) is 6.21. The second-order valence-electron chi connectivity index (χ2n) is 8.39. The maximum absolute atomic E-state index is 12.5. The number of rotatable bonds is 2. The van der Waals surface area contributed by atoms with Crippen LogP contribution in [0.2, 0.25) is 0 Å². The number of anilines is 1. The molecule has 3 heteroatoms. The van der Waals surface area contributed by atoms with E-state index in [0.29, 0.717) is 17.4 Å². The van der Waals surface area contributed by atoms with Crippen LogP contribution in [0.3, 0.4) is 0 Å². The van der Waals surface area contributed by atoms with Crippen LogP contribution in [-0.4, -0.2) is 13.1 Å². The number of benzene rings is 3. The lowest BCUT2D eigenvalue weighted by atomic mass is 9.75. The molecule has 1 N–H and O–H groups in total. The van der Waals surface area contributed by atoms with Crippen LogP contribution in [-0.2, 0) is 17.6 Å². The summed E-state index contributed by atoms with van der Waals surface area (Å²) in [6.07, 6.45) is 7.93. The minimum absolute atomic E-state index is 0.165. The lowest BCUT2D eigenvalue weighted by Gasteiger charge is -2.38. The van der Waals surface area contributed by atoms with E-state index in [4.69, 9.17) is 4.74 Å². The van der Waals surface area contributed by atoms with E-state index in [1.807, 2.05) is 12.1 Å². The largest absolute Gasteiger partial charge is 0.465 e. The van der Waals surface area contributed by atoms with Gasteiger partial charge in [-0.05, 0) is 64.3 Å². The minimum atomic E-state index is -0.283. The van der Waals surface area contributed by atoms with Gasteiger partial charge in [-0.25, -0.2) is 4.79 Å². The van der Waals surface area contributed by atoms with E-state index < -0.39 is 0 Å². The van der Waals surface area contributed by atoms with E-state index in [1.54, 1.807) is 0 Å². The summed E-state index contributed by atoms with van der Waals surface area (Å²) in [6.45, 7) is 0. The van der Waals surface area contributed by atoms with Crippen molar-refractivity contribution in [2.24, 2.45) is 5.92 Å². The molecule has 0 spiro atoms. The average molecular weight is 381 g/mol. The molecule has 3 aromatic carbocycles. The van der Waals surface area contributed by atoms with Crippen LogP contribution in [0.1, 0.15) is 51.0 Å². The van der Waals surface area contributed by atoms with E-state index >= 15 is 0 Å². The first-order valence-corrected chi connectivity index (χ1v) is 10.4. The fourth-order valence-electron chi connectivity index (χ4n) is 5.75. The number of para-hydroxylation sites is 1. The Morgan fingerprint density at radius 3 is 2.69 bits per heavy atom. The number of hydrogen-bond donors (Lipinski definition) is 1. The Hall–Kier alpha value is -3.07. The minimum Gasteiger partial charge on any atom is -0.465 e. The maximum Gasteiger partial charge on any atom is 0.339 e. The third-order valence-corrected chi connectivity index (χ3v) is 7.05.